The van der Waals surface area contributed by atoms with E-state index in [2.05, 4.69) is 40.4 Å². The van der Waals surface area contributed by atoms with Gasteiger partial charge in [-0.05, 0) is 29.1 Å². The van der Waals surface area contributed by atoms with Gasteiger partial charge in [-0.25, -0.2) is 0 Å². The molecule has 0 saturated carbocycles. The minimum atomic E-state index is 1.02. The zero-order chi connectivity index (χ0) is 10.1. The van der Waals surface area contributed by atoms with Crippen LogP contribution in [0.1, 0.15) is 0 Å². The Kier molecular flexibility index (Phi) is 1.78. The van der Waals surface area contributed by atoms with Gasteiger partial charge in [-0.1, -0.05) is 18.2 Å². The van der Waals surface area contributed by atoms with Crippen LogP contribution in [0.2, 0.25) is 0 Å². The Morgan fingerprint density at radius 2 is 2.13 bits per heavy atom. The van der Waals surface area contributed by atoms with Crippen LogP contribution in [0, 0.1) is 6.20 Å². The van der Waals surface area contributed by atoms with E-state index in [-0.39, 0.29) is 0 Å². The molecular weight excluding hydrogens is 184 g/mol. The standard InChI is InChI=1S/C13H9N2/c1-2-12(9-14-6-1)11-4-3-10-5-7-15-13(10)8-11/h1-8,15H. The van der Waals surface area contributed by atoms with E-state index in [0.717, 1.165) is 16.6 Å². The van der Waals surface area contributed by atoms with E-state index in [0.29, 0.717) is 0 Å². The van der Waals surface area contributed by atoms with E-state index >= 15 is 0 Å². The van der Waals surface area contributed by atoms with Gasteiger partial charge in [0.2, 0.25) is 0 Å². The molecule has 2 aromatic heterocycles. The Morgan fingerprint density at radius 1 is 1.13 bits per heavy atom. The van der Waals surface area contributed by atoms with Crippen LogP contribution < -0.4 is 0 Å². The summed E-state index contributed by atoms with van der Waals surface area (Å²) in [6.45, 7) is 0. The molecule has 0 aliphatic heterocycles. The molecule has 0 bridgehead atoms. The second-order valence-electron chi connectivity index (χ2n) is 3.44. The maximum atomic E-state index is 3.99. The first-order valence-corrected chi connectivity index (χ1v) is 4.84. The molecule has 1 N–H and O–H groups in total. The van der Waals surface area contributed by atoms with Gasteiger partial charge in [-0.2, -0.15) is 0 Å². The zero-order valence-corrected chi connectivity index (χ0v) is 8.07. The van der Waals surface area contributed by atoms with Crippen molar-refractivity contribution in [1.82, 2.24) is 9.97 Å². The van der Waals surface area contributed by atoms with Crippen LogP contribution in [-0.4, -0.2) is 9.97 Å². The summed E-state index contributed by atoms with van der Waals surface area (Å²) in [5.41, 5.74) is 3.30. The highest BCUT2D eigenvalue weighted by molar-refractivity contribution is 5.84. The normalized spacial score (nSPS) is 10.7. The van der Waals surface area contributed by atoms with Gasteiger partial charge in [-0.3, -0.25) is 4.98 Å². The summed E-state index contributed by atoms with van der Waals surface area (Å²) in [4.78, 5) is 7.19. The van der Waals surface area contributed by atoms with Crippen LogP contribution >= 0.6 is 0 Å². The third-order valence-corrected chi connectivity index (χ3v) is 2.47. The highest BCUT2D eigenvalue weighted by Crippen LogP contribution is 2.22. The summed E-state index contributed by atoms with van der Waals surface area (Å²) < 4.78 is 0. The van der Waals surface area contributed by atoms with Crippen molar-refractivity contribution in [2.24, 2.45) is 0 Å². The number of hydrogen-bond acceptors (Lipinski definition) is 1. The quantitative estimate of drug-likeness (QED) is 0.632. The molecule has 2 heteroatoms. The molecule has 0 aliphatic rings. The lowest BCUT2D eigenvalue weighted by Gasteiger charge is -1.99. The minimum absolute atomic E-state index is 1.02. The van der Waals surface area contributed by atoms with E-state index < -0.39 is 0 Å². The van der Waals surface area contributed by atoms with Gasteiger partial charge < -0.3 is 4.98 Å². The number of pyridine rings is 1. The summed E-state index contributed by atoms with van der Waals surface area (Å²) >= 11 is 0. The third kappa shape index (κ3) is 1.40. The molecule has 15 heavy (non-hydrogen) atoms. The molecule has 0 amide bonds. The van der Waals surface area contributed by atoms with Crippen LogP contribution in [0.15, 0.2) is 48.8 Å². The molecular formula is C13H9N2. The van der Waals surface area contributed by atoms with Gasteiger partial charge in [0.1, 0.15) is 0 Å². The summed E-state index contributed by atoms with van der Waals surface area (Å²) in [7, 11) is 0. The maximum Gasteiger partial charge on any atom is 0.0970 e. The largest absolute Gasteiger partial charge is 0.361 e. The fourth-order valence-electron chi connectivity index (χ4n) is 1.70. The highest BCUT2D eigenvalue weighted by Gasteiger charge is 1.99. The predicted molar refractivity (Wildman–Crippen MR) is 60.4 cm³/mol. The number of hydrogen-bond donors (Lipinski definition) is 1. The van der Waals surface area contributed by atoms with Gasteiger partial charge in [0.15, 0.2) is 0 Å². The molecule has 1 radical (unpaired) electrons. The first kappa shape index (κ1) is 8.24. The number of aromatic amines is 1. The average Bonchev–Trinajstić information content (AvgIpc) is 2.77. The number of H-pyrrole nitrogens is 1. The summed E-state index contributed by atoms with van der Waals surface area (Å²) in [6.07, 6.45) is 6.66. The molecule has 2 nitrogen and oxygen atoms in total. The van der Waals surface area contributed by atoms with Crippen molar-refractivity contribution >= 4 is 10.9 Å². The number of nitrogens with one attached hydrogen (secondary N) is 1. The molecule has 0 fully saturated rings. The second-order valence-corrected chi connectivity index (χ2v) is 3.44. The topological polar surface area (TPSA) is 28.7 Å². The summed E-state index contributed by atoms with van der Waals surface area (Å²) in [5.74, 6) is 0. The third-order valence-electron chi connectivity index (χ3n) is 2.47. The smallest absolute Gasteiger partial charge is 0.0970 e. The van der Waals surface area contributed by atoms with Crippen molar-refractivity contribution in [3.63, 3.8) is 0 Å². The molecule has 0 aliphatic carbocycles. The Hall–Kier alpha value is -2.09. The molecule has 1 aromatic carbocycles. The first-order valence-electron chi connectivity index (χ1n) is 4.84. The zero-order valence-electron chi connectivity index (χ0n) is 8.07. The van der Waals surface area contributed by atoms with E-state index in [1.54, 1.807) is 6.20 Å². The van der Waals surface area contributed by atoms with Gasteiger partial charge in [0, 0.05) is 23.5 Å². The average molecular weight is 193 g/mol. The lowest BCUT2D eigenvalue weighted by molar-refractivity contribution is 1.31. The molecule has 0 saturated heterocycles. The number of nitrogens with zero attached hydrogens (tertiary/aromatic N) is 1. The molecule has 0 unspecified atom stereocenters. The van der Waals surface area contributed by atoms with Crippen molar-refractivity contribution in [1.29, 1.82) is 0 Å². The van der Waals surface area contributed by atoms with E-state index in [4.69, 9.17) is 0 Å². The van der Waals surface area contributed by atoms with Crippen LogP contribution in [0.25, 0.3) is 22.0 Å². The number of aromatic nitrogens is 2. The number of benzene rings is 1. The molecule has 71 valence electrons. The van der Waals surface area contributed by atoms with Crippen LogP contribution in [-0.2, 0) is 0 Å². The Balaban J connectivity index is 2.19. The van der Waals surface area contributed by atoms with Crippen molar-refractivity contribution in [2.45, 2.75) is 0 Å². The van der Waals surface area contributed by atoms with E-state index in [9.17, 15) is 0 Å². The summed E-state index contributed by atoms with van der Waals surface area (Å²) in [5, 5.41) is 1.22. The molecule has 2 heterocycles. The number of rotatable bonds is 1. The fraction of sp³-hybridized carbons (Fsp3) is 0. The molecule has 3 rings (SSSR count). The minimum Gasteiger partial charge on any atom is -0.361 e. The van der Waals surface area contributed by atoms with Crippen molar-refractivity contribution in [3.05, 3.63) is 55.0 Å². The SMILES string of the molecule is [c]1ncccc1-c1ccc2cc[nH]c2c1. The maximum absolute atomic E-state index is 3.99. The van der Waals surface area contributed by atoms with Crippen LogP contribution in [0.5, 0.6) is 0 Å². The van der Waals surface area contributed by atoms with E-state index in [1.165, 1.54) is 5.39 Å². The summed E-state index contributed by atoms with van der Waals surface area (Å²) in [6, 6.07) is 12.3. The van der Waals surface area contributed by atoms with Gasteiger partial charge in [0.25, 0.3) is 0 Å². The molecule has 3 aromatic rings. The first-order chi connectivity index (χ1) is 7.43. The van der Waals surface area contributed by atoms with Crippen molar-refractivity contribution < 1.29 is 0 Å². The predicted octanol–water partition coefficient (Wildman–Crippen LogP) is 3.03. The van der Waals surface area contributed by atoms with E-state index in [1.807, 2.05) is 18.3 Å². The fourth-order valence-corrected chi connectivity index (χ4v) is 1.70. The Labute approximate surface area is 87.6 Å². The Bertz CT molecular complexity index is 582. The van der Waals surface area contributed by atoms with Crippen molar-refractivity contribution in [3.8, 4) is 11.1 Å². The molecule has 0 atom stereocenters. The molecule has 0 spiro atoms. The lowest BCUT2D eigenvalue weighted by atomic mass is 10.1. The van der Waals surface area contributed by atoms with Crippen LogP contribution in [0.3, 0.4) is 0 Å². The van der Waals surface area contributed by atoms with Gasteiger partial charge in [-0.15, -0.1) is 0 Å². The number of fused-ring (bicyclic) bond motifs is 1. The second kappa shape index (κ2) is 3.24. The Morgan fingerprint density at radius 3 is 3.00 bits per heavy atom. The monoisotopic (exact) mass is 193 g/mol. The van der Waals surface area contributed by atoms with Gasteiger partial charge in [0.05, 0.1) is 6.20 Å². The highest BCUT2D eigenvalue weighted by atomic mass is 14.7. The lowest BCUT2D eigenvalue weighted by Crippen LogP contribution is -1.79. The van der Waals surface area contributed by atoms with Crippen LogP contribution in [0.4, 0.5) is 0 Å². The van der Waals surface area contributed by atoms with Crippen molar-refractivity contribution in [2.75, 3.05) is 0 Å². The van der Waals surface area contributed by atoms with Gasteiger partial charge >= 0.3 is 0 Å².